The van der Waals surface area contributed by atoms with Crippen molar-refractivity contribution in [1.29, 1.82) is 0 Å². The van der Waals surface area contributed by atoms with Crippen LogP contribution in [0.4, 0.5) is 0 Å². The molecule has 0 aliphatic heterocycles. The lowest BCUT2D eigenvalue weighted by Crippen LogP contribution is -2.12. The van der Waals surface area contributed by atoms with Crippen LogP contribution in [0, 0.1) is 3.57 Å². The van der Waals surface area contributed by atoms with Crippen molar-refractivity contribution in [1.82, 2.24) is 0 Å². The van der Waals surface area contributed by atoms with Crippen molar-refractivity contribution < 1.29 is 0 Å². The Morgan fingerprint density at radius 3 is 1.95 bits per heavy atom. The first-order chi connectivity index (χ1) is 8.60. The molecule has 0 saturated heterocycles. The van der Waals surface area contributed by atoms with Gasteiger partial charge in [-0.1, -0.05) is 65.8 Å². The molecule has 0 aromatic rings. The molecule has 2 aliphatic rings. The molecule has 0 nitrogen and oxygen atoms in total. The number of rotatable bonds is 0. The first-order valence-corrected chi connectivity index (χ1v) is 7.92. The van der Waals surface area contributed by atoms with Crippen molar-refractivity contribution in [3.8, 4) is 11.1 Å². The lowest BCUT2D eigenvalue weighted by Gasteiger charge is -2.21. The molecule has 0 fully saturated rings. The summed E-state index contributed by atoms with van der Waals surface area (Å²) >= 11 is 2.45. The molecule has 2 aliphatic carbocycles. The van der Waals surface area contributed by atoms with Crippen molar-refractivity contribution in [3.63, 3.8) is 0 Å². The Morgan fingerprint density at radius 2 is 1.42 bits per heavy atom. The van der Waals surface area contributed by atoms with Crippen LogP contribution in [0.1, 0.15) is 52.7 Å². The van der Waals surface area contributed by atoms with Gasteiger partial charge in [0.15, 0.2) is 0 Å². The molecule has 2 rings (SSSR count). The molecule has 0 radical (unpaired) electrons. The smallest absolute Gasteiger partial charge is 0.0212 e. The van der Waals surface area contributed by atoms with Crippen molar-refractivity contribution >= 4 is 22.6 Å². The van der Waals surface area contributed by atoms with Crippen LogP contribution < -0.4 is 0 Å². The molecule has 102 valence electrons. The van der Waals surface area contributed by atoms with Gasteiger partial charge in [-0.05, 0) is 61.7 Å². The highest BCUT2D eigenvalue weighted by molar-refractivity contribution is 14.1. The summed E-state index contributed by atoms with van der Waals surface area (Å²) in [5.74, 6) is 0. The molecule has 0 spiro atoms. The molecule has 0 saturated carbocycles. The molecule has 0 unspecified atom stereocenters. The van der Waals surface area contributed by atoms with Gasteiger partial charge >= 0.3 is 0 Å². The van der Waals surface area contributed by atoms with E-state index in [1.165, 1.54) is 25.8 Å². The van der Waals surface area contributed by atoms with Crippen LogP contribution in [-0.2, 0) is 10.8 Å². The highest BCUT2D eigenvalue weighted by Crippen LogP contribution is 2.40. The fourth-order valence-electron chi connectivity index (χ4n) is 2.42. The van der Waals surface area contributed by atoms with Gasteiger partial charge in [-0.15, -0.1) is 0 Å². The molecule has 19 heavy (non-hydrogen) atoms. The maximum atomic E-state index is 2.45. The molecule has 0 amide bonds. The highest BCUT2D eigenvalue weighted by Gasteiger charge is 2.24. The molecular formula is C18H23I. The maximum Gasteiger partial charge on any atom is 0.0212 e. The van der Waals surface area contributed by atoms with Crippen LogP contribution >= 0.6 is 22.6 Å². The van der Waals surface area contributed by atoms with E-state index in [9.17, 15) is 0 Å². The van der Waals surface area contributed by atoms with E-state index in [1.807, 2.05) is 0 Å². The summed E-state index contributed by atoms with van der Waals surface area (Å²) in [5.41, 5.74) is 6.01. The van der Waals surface area contributed by atoms with E-state index >= 15 is 0 Å². The van der Waals surface area contributed by atoms with Gasteiger partial charge in [-0.3, -0.25) is 0 Å². The van der Waals surface area contributed by atoms with Crippen molar-refractivity contribution in [2.45, 2.75) is 52.4 Å². The molecule has 0 heterocycles. The van der Waals surface area contributed by atoms with Gasteiger partial charge in [-0.2, -0.15) is 0 Å². The average molecular weight is 366 g/mol. The third-order valence-corrected chi connectivity index (χ3v) is 4.51. The number of halogens is 1. The van der Waals surface area contributed by atoms with Crippen molar-refractivity contribution in [2.75, 3.05) is 0 Å². The third-order valence-electron chi connectivity index (χ3n) is 3.62. The highest BCUT2D eigenvalue weighted by atomic mass is 127. The predicted molar refractivity (Wildman–Crippen MR) is 93.2 cm³/mol. The van der Waals surface area contributed by atoms with E-state index in [1.54, 1.807) is 0 Å². The van der Waals surface area contributed by atoms with E-state index in [0.717, 1.165) is 0 Å². The number of hydrogen-bond acceptors (Lipinski definition) is 0. The molecule has 0 N–H and O–H groups in total. The zero-order valence-electron chi connectivity index (χ0n) is 12.8. The largest absolute Gasteiger partial charge is 0.0613 e. The average Bonchev–Trinajstić information content (AvgIpc) is 2.46. The van der Waals surface area contributed by atoms with E-state index in [4.69, 9.17) is 0 Å². The molecule has 0 bridgehead atoms. The molecule has 0 atom stereocenters. The first kappa shape index (κ1) is 14.8. The van der Waals surface area contributed by atoms with Crippen LogP contribution in [0.3, 0.4) is 0 Å². The number of fused-ring (bicyclic) bond motifs is 1. The minimum absolute atomic E-state index is 0.184. The van der Waals surface area contributed by atoms with Crippen molar-refractivity contribution in [2.24, 2.45) is 0 Å². The van der Waals surface area contributed by atoms with Crippen LogP contribution in [-0.4, -0.2) is 0 Å². The normalized spacial score (nSPS) is 13.0. The van der Waals surface area contributed by atoms with Crippen LogP contribution in [0.15, 0.2) is 30.3 Å². The standard InChI is InChI=1S/C18H23I/c1-17(2,3)12-8-7-9-13-14(10-12)15(11-16(13)19)18(4,5)6/h7-11H,1-6H3. The Hall–Kier alpha value is -0.570. The summed E-state index contributed by atoms with van der Waals surface area (Å²) < 4.78 is 1.36. The van der Waals surface area contributed by atoms with E-state index in [-0.39, 0.29) is 10.8 Å². The van der Waals surface area contributed by atoms with Crippen LogP contribution in [0.25, 0.3) is 11.1 Å². The second-order valence-electron chi connectivity index (χ2n) is 7.36. The lowest BCUT2D eigenvalue weighted by molar-refractivity contribution is 0.586. The summed E-state index contributed by atoms with van der Waals surface area (Å²) in [6.07, 6.45) is 0. The second kappa shape index (κ2) is 4.76. The zero-order valence-corrected chi connectivity index (χ0v) is 14.9. The fourth-order valence-corrected chi connectivity index (χ4v) is 3.20. The monoisotopic (exact) mass is 366 g/mol. The Balaban J connectivity index is 2.76. The quantitative estimate of drug-likeness (QED) is 0.503. The van der Waals surface area contributed by atoms with Gasteiger partial charge in [0.25, 0.3) is 0 Å². The maximum absolute atomic E-state index is 2.45. The number of hydrogen-bond donors (Lipinski definition) is 0. The van der Waals surface area contributed by atoms with E-state index in [2.05, 4.69) is 94.5 Å². The van der Waals surface area contributed by atoms with E-state index < -0.39 is 0 Å². The van der Waals surface area contributed by atoms with Gasteiger partial charge in [0.2, 0.25) is 0 Å². The van der Waals surface area contributed by atoms with Crippen molar-refractivity contribution in [3.05, 3.63) is 45.0 Å². The molecule has 0 aromatic carbocycles. The summed E-state index contributed by atoms with van der Waals surface area (Å²) in [6, 6.07) is 11.4. The van der Waals surface area contributed by atoms with Gasteiger partial charge in [0, 0.05) is 3.57 Å². The fraction of sp³-hybridized carbons (Fsp3) is 0.444. The predicted octanol–water partition coefficient (Wildman–Crippen LogP) is 5.99. The third kappa shape index (κ3) is 2.96. The Morgan fingerprint density at radius 1 is 0.789 bits per heavy atom. The Labute approximate surface area is 131 Å². The SMILES string of the molecule is CC(C)(C)c1cccc2c(I)cc(C(C)(C)C)c-2c1. The van der Waals surface area contributed by atoms with Gasteiger partial charge in [0.05, 0.1) is 0 Å². The minimum atomic E-state index is 0.184. The topological polar surface area (TPSA) is 0 Å². The van der Waals surface area contributed by atoms with Crippen LogP contribution in [0.5, 0.6) is 0 Å². The van der Waals surface area contributed by atoms with E-state index in [0.29, 0.717) is 0 Å². The zero-order chi connectivity index (χ0) is 14.4. The second-order valence-corrected chi connectivity index (χ2v) is 8.52. The summed E-state index contributed by atoms with van der Waals surface area (Å²) in [6.45, 7) is 13.7. The Kier molecular flexibility index (Phi) is 3.72. The van der Waals surface area contributed by atoms with Crippen LogP contribution in [0.2, 0.25) is 0 Å². The molecule has 1 heteroatoms. The summed E-state index contributed by atoms with van der Waals surface area (Å²) in [7, 11) is 0. The first-order valence-electron chi connectivity index (χ1n) is 6.84. The lowest BCUT2D eigenvalue weighted by atomic mass is 9.83. The molecule has 0 aromatic heterocycles. The Bertz CT molecular complexity index is 568. The summed E-state index contributed by atoms with van der Waals surface area (Å²) in [4.78, 5) is 0. The van der Waals surface area contributed by atoms with Gasteiger partial charge in [-0.25, -0.2) is 0 Å². The molecular weight excluding hydrogens is 343 g/mol. The van der Waals surface area contributed by atoms with Gasteiger partial charge < -0.3 is 0 Å². The van der Waals surface area contributed by atoms with Gasteiger partial charge in [0.1, 0.15) is 0 Å². The summed E-state index contributed by atoms with van der Waals surface area (Å²) in [5, 5.41) is 0. The minimum Gasteiger partial charge on any atom is -0.0613 e.